The molecule has 1 unspecified atom stereocenters. The molecule has 4 aromatic rings. The van der Waals surface area contributed by atoms with Gasteiger partial charge in [-0.3, -0.25) is 4.79 Å². The second-order valence-electron chi connectivity index (χ2n) is 8.39. The van der Waals surface area contributed by atoms with Gasteiger partial charge >= 0.3 is 0 Å². The number of nitrogens with one attached hydrogen (secondary N) is 1. The average Bonchev–Trinajstić information content (AvgIpc) is 3.18. The molecular weight excluding hydrogens is 434 g/mol. The molecule has 5 nitrogen and oxygen atoms in total. The number of hydrogen-bond acceptors (Lipinski definition) is 3. The van der Waals surface area contributed by atoms with E-state index in [4.69, 9.17) is 21.3 Å². The molecule has 0 spiro atoms. The Morgan fingerprint density at radius 2 is 1.79 bits per heavy atom. The number of rotatable bonds is 8. The van der Waals surface area contributed by atoms with Gasteiger partial charge in [0.15, 0.2) is 0 Å². The van der Waals surface area contributed by atoms with Crippen LogP contribution in [-0.4, -0.2) is 22.1 Å². The fraction of sp³-hybridized carbons (Fsp3) is 0.259. The van der Waals surface area contributed by atoms with E-state index in [-0.39, 0.29) is 11.9 Å². The van der Waals surface area contributed by atoms with Crippen molar-refractivity contribution in [3.8, 4) is 5.75 Å². The number of benzene rings is 3. The van der Waals surface area contributed by atoms with Crippen molar-refractivity contribution in [3.63, 3.8) is 0 Å². The van der Waals surface area contributed by atoms with Crippen LogP contribution in [0.3, 0.4) is 0 Å². The fourth-order valence-electron chi connectivity index (χ4n) is 3.84. The van der Waals surface area contributed by atoms with E-state index in [1.54, 1.807) is 24.3 Å². The van der Waals surface area contributed by atoms with Gasteiger partial charge in [-0.25, -0.2) is 4.98 Å². The summed E-state index contributed by atoms with van der Waals surface area (Å²) < 4.78 is 8.12. The lowest BCUT2D eigenvalue weighted by Gasteiger charge is -2.17. The van der Waals surface area contributed by atoms with E-state index in [0.29, 0.717) is 29.7 Å². The number of ether oxygens (including phenoxy) is 1. The van der Waals surface area contributed by atoms with Crippen LogP contribution in [0.2, 0.25) is 5.02 Å². The summed E-state index contributed by atoms with van der Waals surface area (Å²) in [4.78, 5) is 17.6. The molecule has 0 saturated carbocycles. The van der Waals surface area contributed by atoms with Crippen molar-refractivity contribution in [2.75, 3.05) is 6.61 Å². The van der Waals surface area contributed by atoms with Crippen molar-refractivity contribution in [1.29, 1.82) is 0 Å². The molecule has 4 rings (SSSR count). The van der Waals surface area contributed by atoms with Crippen LogP contribution in [0, 0.1) is 0 Å². The Morgan fingerprint density at radius 1 is 1.03 bits per heavy atom. The van der Waals surface area contributed by atoms with Crippen LogP contribution < -0.4 is 10.1 Å². The molecule has 1 N–H and O–H groups in total. The number of aromatic nitrogens is 2. The maximum atomic E-state index is 12.8. The summed E-state index contributed by atoms with van der Waals surface area (Å²) in [5.41, 5.74) is 3.70. The van der Waals surface area contributed by atoms with Crippen molar-refractivity contribution in [2.45, 2.75) is 39.3 Å². The highest BCUT2D eigenvalue weighted by molar-refractivity contribution is 6.30. The quantitative estimate of drug-likeness (QED) is 0.331. The smallest absolute Gasteiger partial charge is 0.251 e. The Labute approximate surface area is 199 Å². The first-order chi connectivity index (χ1) is 15.9. The van der Waals surface area contributed by atoms with Crippen molar-refractivity contribution in [2.24, 2.45) is 0 Å². The zero-order chi connectivity index (χ0) is 23.4. The van der Waals surface area contributed by atoms with Crippen LogP contribution in [0.4, 0.5) is 0 Å². The third-order valence-corrected chi connectivity index (χ3v) is 5.87. The molecule has 0 saturated heterocycles. The summed E-state index contributed by atoms with van der Waals surface area (Å²) in [6, 6.07) is 22.8. The maximum absolute atomic E-state index is 12.8. The molecular formula is C27H28ClN3O2. The van der Waals surface area contributed by atoms with E-state index < -0.39 is 0 Å². The first-order valence-corrected chi connectivity index (χ1v) is 11.5. The number of amides is 1. The number of para-hydroxylation sites is 2. The second kappa shape index (κ2) is 10.1. The third kappa shape index (κ3) is 5.37. The standard InChI is InChI=1S/C27H28ClN3O2/c1-18(2)20-11-13-23(14-12-20)33-16-15-31-25-10-5-4-9-24(25)30-26(31)19(3)29-27(32)21-7-6-8-22(28)17-21/h4-14,17-19H,15-16H2,1-3H3,(H,29,32). The van der Waals surface area contributed by atoms with Crippen LogP contribution in [0.1, 0.15) is 54.5 Å². The van der Waals surface area contributed by atoms with Crippen molar-refractivity contribution >= 4 is 28.5 Å². The van der Waals surface area contributed by atoms with Crippen LogP contribution in [0.25, 0.3) is 11.0 Å². The number of carbonyl (C=O) groups excluding carboxylic acids is 1. The highest BCUT2D eigenvalue weighted by Crippen LogP contribution is 2.23. The Hall–Kier alpha value is -3.31. The Morgan fingerprint density at radius 3 is 2.52 bits per heavy atom. The maximum Gasteiger partial charge on any atom is 0.251 e. The largest absolute Gasteiger partial charge is 0.492 e. The number of imidazole rings is 1. The molecule has 0 bridgehead atoms. The predicted octanol–water partition coefficient (Wildman–Crippen LogP) is 6.38. The van der Waals surface area contributed by atoms with E-state index in [2.05, 4.69) is 35.9 Å². The minimum Gasteiger partial charge on any atom is -0.492 e. The topological polar surface area (TPSA) is 56.1 Å². The molecule has 0 aliphatic carbocycles. The minimum atomic E-state index is -0.297. The van der Waals surface area contributed by atoms with E-state index in [0.717, 1.165) is 22.6 Å². The van der Waals surface area contributed by atoms with Gasteiger partial charge in [-0.2, -0.15) is 0 Å². The molecule has 0 aliphatic heterocycles. The average molecular weight is 462 g/mol. The van der Waals surface area contributed by atoms with Gasteiger partial charge in [0.1, 0.15) is 18.2 Å². The third-order valence-electron chi connectivity index (χ3n) is 5.64. The molecule has 1 aromatic heterocycles. The van der Waals surface area contributed by atoms with Crippen LogP contribution in [0.5, 0.6) is 5.75 Å². The lowest BCUT2D eigenvalue weighted by Crippen LogP contribution is -2.29. The lowest BCUT2D eigenvalue weighted by molar-refractivity contribution is 0.0937. The number of hydrogen-bond donors (Lipinski definition) is 1. The van der Waals surface area contributed by atoms with E-state index >= 15 is 0 Å². The van der Waals surface area contributed by atoms with Gasteiger partial charge in [0.05, 0.1) is 23.6 Å². The first kappa shape index (κ1) is 22.9. The SMILES string of the molecule is CC(C)c1ccc(OCCn2c(C(C)NC(=O)c3cccc(Cl)c3)nc3ccccc32)cc1. The van der Waals surface area contributed by atoms with Crippen molar-refractivity contribution < 1.29 is 9.53 Å². The Balaban J connectivity index is 1.50. The highest BCUT2D eigenvalue weighted by atomic mass is 35.5. The molecule has 1 heterocycles. The molecule has 33 heavy (non-hydrogen) atoms. The van der Waals surface area contributed by atoms with Crippen LogP contribution >= 0.6 is 11.6 Å². The summed E-state index contributed by atoms with van der Waals surface area (Å²) in [7, 11) is 0. The normalized spacial score (nSPS) is 12.2. The zero-order valence-corrected chi connectivity index (χ0v) is 19.8. The number of fused-ring (bicyclic) bond motifs is 1. The molecule has 6 heteroatoms. The lowest BCUT2D eigenvalue weighted by atomic mass is 10.0. The predicted molar refractivity (Wildman–Crippen MR) is 133 cm³/mol. The molecule has 3 aromatic carbocycles. The fourth-order valence-corrected chi connectivity index (χ4v) is 4.03. The van der Waals surface area contributed by atoms with E-state index in [1.165, 1.54) is 5.56 Å². The summed E-state index contributed by atoms with van der Waals surface area (Å²) in [5, 5.41) is 3.57. The first-order valence-electron chi connectivity index (χ1n) is 11.2. The molecule has 1 amide bonds. The number of carbonyl (C=O) groups is 1. The number of halogens is 1. The monoisotopic (exact) mass is 461 g/mol. The van der Waals surface area contributed by atoms with Gasteiger partial charge in [0, 0.05) is 10.6 Å². The summed E-state index contributed by atoms with van der Waals surface area (Å²) in [6.45, 7) is 7.38. The van der Waals surface area contributed by atoms with Gasteiger partial charge < -0.3 is 14.6 Å². The number of nitrogens with zero attached hydrogens (tertiary/aromatic N) is 2. The molecule has 0 fully saturated rings. The zero-order valence-electron chi connectivity index (χ0n) is 19.1. The molecule has 1 atom stereocenters. The van der Waals surface area contributed by atoms with Crippen molar-refractivity contribution in [3.05, 3.63) is 94.8 Å². The highest BCUT2D eigenvalue weighted by Gasteiger charge is 2.19. The van der Waals surface area contributed by atoms with E-state index in [9.17, 15) is 4.79 Å². The summed E-state index contributed by atoms with van der Waals surface area (Å²) in [5.74, 6) is 1.92. The summed E-state index contributed by atoms with van der Waals surface area (Å²) >= 11 is 6.04. The minimum absolute atomic E-state index is 0.190. The molecule has 0 aliphatic rings. The van der Waals surface area contributed by atoms with Gasteiger partial charge in [0.25, 0.3) is 5.91 Å². The van der Waals surface area contributed by atoms with E-state index in [1.807, 2.05) is 43.3 Å². The van der Waals surface area contributed by atoms with Gasteiger partial charge in [-0.15, -0.1) is 0 Å². The Bertz CT molecular complexity index is 1250. The van der Waals surface area contributed by atoms with Gasteiger partial charge in [-0.1, -0.05) is 55.8 Å². The van der Waals surface area contributed by atoms with Gasteiger partial charge in [-0.05, 0) is 60.9 Å². The molecule has 0 radical (unpaired) electrons. The molecule has 170 valence electrons. The second-order valence-corrected chi connectivity index (χ2v) is 8.82. The Kier molecular flexibility index (Phi) is 6.99. The van der Waals surface area contributed by atoms with Crippen molar-refractivity contribution in [1.82, 2.24) is 14.9 Å². The van der Waals surface area contributed by atoms with Crippen LogP contribution in [-0.2, 0) is 6.54 Å². The summed E-state index contributed by atoms with van der Waals surface area (Å²) in [6.07, 6.45) is 0. The van der Waals surface area contributed by atoms with Crippen LogP contribution in [0.15, 0.2) is 72.8 Å². The van der Waals surface area contributed by atoms with Gasteiger partial charge in [0.2, 0.25) is 0 Å².